The molecular formula is C11H14N2. The lowest BCUT2D eigenvalue weighted by atomic mass is 9.72. The van der Waals surface area contributed by atoms with Gasteiger partial charge >= 0.3 is 0 Å². The Balaban J connectivity index is 2.09. The first-order chi connectivity index (χ1) is 6.33. The van der Waals surface area contributed by atoms with Gasteiger partial charge in [-0.1, -0.05) is 0 Å². The van der Waals surface area contributed by atoms with Gasteiger partial charge in [-0.15, -0.1) is 0 Å². The molecule has 1 saturated carbocycles. The fourth-order valence-corrected chi connectivity index (χ4v) is 2.49. The first-order valence-corrected chi connectivity index (χ1v) is 4.96. The molecule has 0 amide bonds. The van der Waals surface area contributed by atoms with Crippen LogP contribution in [0.1, 0.15) is 24.3 Å². The highest BCUT2D eigenvalue weighted by Crippen LogP contribution is 2.47. The predicted molar refractivity (Wildman–Crippen MR) is 54.8 cm³/mol. The molecule has 0 atom stereocenters. The van der Waals surface area contributed by atoms with E-state index < -0.39 is 0 Å². The topological polar surface area (TPSA) is 38.0 Å². The molecule has 3 N–H and O–H groups in total. The molecule has 4 rings (SSSR count). The zero-order valence-electron chi connectivity index (χ0n) is 7.59. The number of hydrogen-bond acceptors (Lipinski definition) is 2. The van der Waals surface area contributed by atoms with Crippen LogP contribution in [0.3, 0.4) is 0 Å². The molecule has 1 aliphatic carbocycles. The SMILES string of the molecule is Nc1ccc2c(c1)C1CC(CN2)C1. The number of nitrogens with one attached hydrogen (secondary N) is 1. The number of benzene rings is 1. The molecule has 2 aliphatic heterocycles. The number of nitrogen functional groups attached to an aromatic ring is 1. The van der Waals surface area contributed by atoms with Crippen molar-refractivity contribution in [1.82, 2.24) is 0 Å². The standard InChI is InChI=1S/C11H14N2/c12-9-1-2-11-10(5-9)8-3-7(4-8)6-13-11/h1-2,5,7-8,13H,3-4,6,12H2. The van der Waals surface area contributed by atoms with Crippen molar-refractivity contribution in [2.24, 2.45) is 5.92 Å². The van der Waals surface area contributed by atoms with Gasteiger partial charge in [0.05, 0.1) is 0 Å². The minimum atomic E-state index is 0.776. The summed E-state index contributed by atoms with van der Waals surface area (Å²) >= 11 is 0. The van der Waals surface area contributed by atoms with Crippen molar-refractivity contribution in [2.45, 2.75) is 18.8 Å². The Kier molecular flexibility index (Phi) is 1.34. The molecule has 13 heavy (non-hydrogen) atoms. The average molecular weight is 174 g/mol. The molecular weight excluding hydrogens is 160 g/mol. The maximum absolute atomic E-state index is 5.78. The number of anilines is 2. The lowest BCUT2D eigenvalue weighted by molar-refractivity contribution is 0.287. The molecule has 0 unspecified atom stereocenters. The van der Waals surface area contributed by atoms with E-state index in [0.717, 1.165) is 24.1 Å². The Bertz CT molecular complexity index is 340. The van der Waals surface area contributed by atoms with E-state index in [-0.39, 0.29) is 0 Å². The van der Waals surface area contributed by atoms with Gasteiger partial charge in [-0.2, -0.15) is 0 Å². The first kappa shape index (κ1) is 7.25. The van der Waals surface area contributed by atoms with Gasteiger partial charge in [0.2, 0.25) is 0 Å². The molecule has 2 bridgehead atoms. The van der Waals surface area contributed by atoms with Crippen LogP contribution in [0.4, 0.5) is 11.4 Å². The summed E-state index contributed by atoms with van der Waals surface area (Å²) in [5.74, 6) is 1.68. The lowest BCUT2D eigenvalue weighted by Gasteiger charge is -2.32. The fraction of sp³-hybridized carbons (Fsp3) is 0.455. The summed E-state index contributed by atoms with van der Waals surface area (Å²) in [6.07, 6.45) is 2.70. The molecule has 0 saturated heterocycles. The van der Waals surface area contributed by atoms with Crippen LogP contribution < -0.4 is 11.1 Å². The molecule has 68 valence electrons. The highest BCUT2D eigenvalue weighted by molar-refractivity contribution is 5.61. The van der Waals surface area contributed by atoms with Gasteiger partial charge in [-0.3, -0.25) is 0 Å². The fourth-order valence-electron chi connectivity index (χ4n) is 2.49. The average Bonchev–Trinajstić information content (AvgIpc) is 2.30. The quantitative estimate of drug-likeness (QED) is 0.592. The van der Waals surface area contributed by atoms with Crippen LogP contribution in [-0.2, 0) is 0 Å². The summed E-state index contributed by atoms with van der Waals surface area (Å²) in [7, 11) is 0. The van der Waals surface area contributed by atoms with Gasteiger partial charge in [-0.05, 0) is 48.4 Å². The number of rotatable bonds is 0. The van der Waals surface area contributed by atoms with Crippen molar-refractivity contribution < 1.29 is 0 Å². The smallest absolute Gasteiger partial charge is 0.0377 e. The molecule has 0 radical (unpaired) electrons. The van der Waals surface area contributed by atoms with Crippen LogP contribution in [0, 0.1) is 5.92 Å². The normalized spacial score (nSPS) is 29.5. The van der Waals surface area contributed by atoms with Crippen LogP contribution in [0.15, 0.2) is 18.2 Å². The second-order valence-corrected chi connectivity index (χ2v) is 4.26. The van der Waals surface area contributed by atoms with Crippen molar-refractivity contribution >= 4 is 11.4 Å². The van der Waals surface area contributed by atoms with Crippen molar-refractivity contribution in [1.29, 1.82) is 0 Å². The monoisotopic (exact) mass is 174 g/mol. The third kappa shape index (κ3) is 1.01. The molecule has 1 aromatic rings. The minimum Gasteiger partial charge on any atom is -0.399 e. The predicted octanol–water partition coefficient (Wildman–Crippen LogP) is 2.19. The van der Waals surface area contributed by atoms with Crippen molar-refractivity contribution in [3.8, 4) is 0 Å². The summed E-state index contributed by atoms with van der Waals surface area (Å²) in [4.78, 5) is 0. The summed E-state index contributed by atoms with van der Waals surface area (Å²) in [6.45, 7) is 1.15. The Labute approximate surface area is 78.1 Å². The van der Waals surface area contributed by atoms with Gasteiger partial charge in [0.15, 0.2) is 0 Å². The molecule has 1 aromatic carbocycles. The van der Waals surface area contributed by atoms with Gasteiger partial charge in [0.1, 0.15) is 0 Å². The zero-order chi connectivity index (χ0) is 8.84. The molecule has 2 heterocycles. The van der Waals surface area contributed by atoms with Crippen LogP contribution in [0.2, 0.25) is 0 Å². The second-order valence-electron chi connectivity index (χ2n) is 4.26. The maximum atomic E-state index is 5.78. The minimum absolute atomic E-state index is 0.776. The van der Waals surface area contributed by atoms with Crippen molar-refractivity contribution in [3.63, 3.8) is 0 Å². The number of hydrogen-bond donors (Lipinski definition) is 2. The van der Waals surface area contributed by atoms with E-state index in [4.69, 9.17) is 5.73 Å². The molecule has 2 heteroatoms. The molecule has 2 nitrogen and oxygen atoms in total. The van der Waals surface area contributed by atoms with Gasteiger partial charge < -0.3 is 11.1 Å². The number of fused-ring (bicyclic) bond motifs is 1. The molecule has 3 aliphatic rings. The Morgan fingerprint density at radius 1 is 1.31 bits per heavy atom. The second kappa shape index (κ2) is 2.41. The third-order valence-corrected chi connectivity index (χ3v) is 3.33. The third-order valence-electron chi connectivity index (χ3n) is 3.33. The largest absolute Gasteiger partial charge is 0.399 e. The van der Waals surface area contributed by atoms with Crippen molar-refractivity contribution in [3.05, 3.63) is 23.8 Å². The lowest BCUT2D eigenvalue weighted by Crippen LogP contribution is -2.23. The summed E-state index contributed by atoms with van der Waals surface area (Å²) < 4.78 is 0. The zero-order valence-corrected chi connectivity index (χ0v) is 7.59. The van der Waals surface area contributed by atoms with E-state index >= 15 is 0 Å². The summed E-state index contributed by atoms with van der Waals surface area (Å²) in [5.41, 5.74) is 9.42. The van der Waals surface area contributed by atoms with Gasteiger partial charge in [0.25, 0.3) is 0 Å². The van der Waals surface area contributed by atoms with E-state index in [2.05, 4.69) is 17.4 Å². The van der Waals surface area contributed by atoms with Crippen LogP contribution in [0.5, 0.6) is 0 Å². The Morgan fingerprint density at radius 3 is 3.00 bits per heavy atom. The van der Waals surface area contributed by atoms with E-state index in [9.17, 15) is 0 Å². The highest BCUT2D eigenvalue weighted by Gasteiger charge is 2.34. The molecule has 1 fully saturated rings. The number of nitrogens with two attached hydrogens (primary N) is 1. The summed E-state index contributed by atoms with van der Waals surface area (Å²) in [6, 6.07) is 6.23. The summed E-state index contributed by atoms with van der Waals surface area (Å²) in [5, 5.41) is 3.49. The Morgan fingerprint density at radius 2 is 2.15 bits per heavy atom. The van der Waals surface area contributed by atoms with Crippen molar-refractivity contribution in [2.75, 3.05) is 17.6 Å². The maximum Gasteiger partial charge on any atom is 0.0377 e. The van der Waals surface area contributed by atoms with Crippen LogP contribution >= 0.6 is 0 Å². The van der Waals surface area contributed by atoms with E-state index in [1.54, 1.807) is 0 Å². The van der Waals surface area contributed by atoms with Gasteiger partial charge in [-0.25, -0.2) is 0 Å². The van der Waals surface area contributed by atoms with E-state index in [1.807, 2.05) is 6.07 Å². The Hall–Kier alpha value is -1.18. The van der Waals surface area contributed by atoms with E-state index in [1.165, 1.54) is 24.1 Å². The van der Waals surface area contributed by atoms with Crippen LogP contribution in [0.25, 0.3) is 0 Å². The molecule has 0 aromatic heterocycles. The highest BCUT2D eigenvalue weighted by atomic mass is 14.9. The van der Waals surface area contributed by atoms with Gasteiger partial charge in [0, 0.05) is 17.9 Å². The van der Waals surface area contributed by atoms with E-state index in [0.29, 0.717) is 0 Å². The first-order valence-electron chi connectivity index (χ1n) is 4.96. The molecule has 0 spiro atoms. The van der Waals surface area contributed by atoms with Crippen LogP contribution in [-0.4, -0.2) is 6.54 Å².